The molecule has 0 aliphatic heterocycles. The van der Waals surface area contributed by atoms with Crippen LogP contribution in [0.25, 0.3) is 0 Å². The molecule has 4 nitrogen and oxygen atoms in total. The lowest BCUT2D eigenvalue weighted by atomic mass is 10.1. The first-order chi connectivity index (χ1) is 10.1. The van der Waals surface area contributed by atoms with E-state index in [9.17, 15) is 4.39 Å². The van der Waals surface area contributed by atoms with Gasteiger partial charge in [-0.3, -0.25) is 0 Å². The van der Waals surface area contributed by atoms with Gasteiger partial charge in [0.15, 0.2) is 23.1 Å². The zero-order valence-corrected chi connectivity index (χ0v) is 12.2. The minimum Gasteiger partial charge on any atom is -0.493 e. The molecule has 0 aliphatic carbocycles. The van der Waals surface area contributed by atoms with Crippen LogP contribution in [0.4, 0.5) is 4.39 Å². The quantitative estimate of drug-likeness (QED) is 0.913. The van der Waals surface area contributed by atoms with E-state index in [1.165, 1.54) is 20.3 Å². The normalized spacial score (nSPS) is 11.9. The maximum absolute atomic E-state index is 14.1. The lowest BCUT2D eigenvalue weighted by molar-refractivity contribution is 0.339. The van der Waals surface area contributed by atoms with E-state index in [1.54, 1.807) is 37.3 Å². The van der Waals surface area contributed by atoms with Crippen LogP contribution in [-0.2, 0) is 0 Å². The summed E-state index contributed by atoms with van der Waals surface area (Å²) in [5.41, 5.74) is 6.43. The van der Waals surface area contributed by atoms with Gasteiger partial charge < -0.3 is 19.9 Å². The van der Waals surface area contributed by atoms with Crippen LogP contribution in [0.3, 0.4) is 0 Å². The number of para-hydroxylation sites is 1. The maximum Gasteiger partial charge on any atom is 0.211 e. The van der Waals surface area contributed by atoms with Crippen molar-refractivity contribution in [3.63, 3.8) is 0 Å². The van der Waals surface area contributed by atoms with Crippen molar-refractivity contribution in [2.75, 3.05) is 14.2 Å². The Balaban J connectivity index is 2.38. The molecule has 0 heterocycles. The van der Waals surface area contributed by atoms with E-state index in [1.807, 2.05) is 0 Å². The van der Waals surface area contributed by atoms with Gasteiger partial charge in [-0.05, 0) is 36.8 Å². The molecule has 0 saturated heterocycles. The van der Waals surface area contributed by atoms with Crippen molar-refractivity contribution in [1.82, 2.24) is 0 Å². The van der Waals surface area contributed by atoms with Crippen molar-refractivity contribution in [1.29, 1.82) is 0 Å². The van der Waals surface area contributed by atoms with E-state index in [4.69, 9.17) is 19.9 Å². The first-order valence-electron chi connectivity index (χ1n) is 6.50. The van der Waals surface area contributed by atoms with Gasteiger partial charge in [-0.25, -0.2) is 4.39 Å². The second-order valence-corrected chi connectivity index (χ2v) is 4.57. The molecule has 2 aromatic rings. The number of rotatable bonds is 5. The molecule has 2 aromatic carbocycles. The lowest BCUT2D eigenvalue weighted by Crippen LogP contribution is -2.05. The van der Waals surface area contributed by atoms with Crippen LogP contribution in [0.5, 0.6) is 23.0 Å². The Kier molecular flexibility index (Phi) is 4.65. The van der Waals surface area contributed by atoms with E-state index in [-0.39, 0.29) is 11.8 Å². The zero-order valence-electron chi connectivity index (χ0n) is 12.2. The van der Waals surface area contributed by atoms with Gasteiger partial charge in [-0.1, -0.05) is 12.1 Å². The molecule has 112 valence electrons. The van der Waals surface area contributed by atoms with Crippen molar-refractivity contribution >= 4 is 0 Å². The summed E-state index contributed by atoms with van der Waals surface area (Å²) in [6, 6.07) is 9.58. The summed E-state index contributed by atoms with van der Waals surface area (Å²) < 4.78 is 30.2. The maximum atomic E-state index is 14.1. The van der Waals surface area contributed by atoms with Gasteiger partial charge >= 0.3 is 0 Å². The second kappa shape index (κ2) is 6.45. The Morgan fingerprint density at radius 1 is 1.00 bits per heavy atom. The highest BCUT2D eigenvalue weighted by Crippen LogP contribution is 2.40. The van der Waals surface area contributed by atoms with Crippen LogP contribution in [0, 0.1) is 5.82 Å². The number of benzene rings is 2. The summed E-state index contributed by atoms with van der Waals surface area (Å²) in [6.07, 6.45) is 0. The molecule has 0 bridgehead atoms. The molecule has 0 aliphatic rings. The minimum atomic E-state index is -0.488. The van der Waals surface area contributed by atoms with Crippen LogP contribution in [0.1, 0.15) is 18.5 Å². The fourth-order valence-corrected chi connectivity index (χ4v) is 1.91. The second-order valence-electron chi connectivity index (χ2n) is 4.57. The third kappa shape index (κ3) is 3.25. The molecule has 5 heteroatoms. The molecular weight excluding hydrogens is 273 g/mol. The number of hydrogen-bond donors (Lipinski definition) is 1. The number of halogens is 1. The summed E-state index contributed by atoms with van der Waals surface area (Å²) in [5, 5.41) is 0. The predicted octanol–water partition coefficient (Wildman–Crippen LogP) is 3.65. The predicted molar refractivity (Wildman–Crippen MR) is 78.6 cm³/mol. The van der Waals surface area contributed by atoms with Crippen molar-refractivity contribution in [2.45, 2.75) is 13.0 Å². The highest BCUT2D eigenvalue weighted by molar-refractivity contribution is 5.53. The third-order valence-electron chi connectivity index (χ3n) is 3.08. The van der Waals surface area contributed by atoms with Gasteiger partial charge in [0.2, 0.25) is 5.75 Å². The molecule has 0 amide bonds. The van der Waals surface area contributed by atoms with Crippen LogP contribution < -0.4 is 19.9 Å². The topological polar surface area (TPSA) is 53.7 Å². The van der Waals surface area contributed by atoms with Gasteiger partial charge in [0, 0.05) is 6.04 Å². The van der Waals surface area contributed by atoms with Crippen molar-refractivity contribution in [2.24, 2.45) is 5.73 Å². The third-order valence-corrected chi connectivity index (χ3v) is 3.08. The molecule has 0 unspecified atom stereocenters. The van der Waals surface area contributed by atoms with E-state index in [0.29, 0.717) is 22.8 Å². The number of hydrogen-bond acceptors (Lipinski definition) is 4. The molecule has 2 rings (SSSR count). The average molecular weight is 291 g/mol. The summed E-state index contributed by atoms with van der Waals surface area (Å²) in [6.45, 7) is 1.79. The molecule has 0 spiro atoms. The molecule has 0 fully saturated rings. The van der Waals surface area contributed by atoms with Gasteiger partial charge in [0.1, 0.15) is 0 Å². The molecule has 0 radical (unpaired) electrons. The summed E-state index contributed by atoms with van der Waals surface area (Å²) in [5.74, 6) is 0.852. The average Bonchev–Trinajstić information content (AvgIpc) is 2.49. The van der Waals surface area contributed by atoms with E-state index >= 15 is 0 Å². The molecular formula is C16H18FNO3. The summed E-state index contributed by atoms with van der Waals surface area (Å²) in [4.78, 5) is 0. The molecule has 2 N–H and O–H groups in total. The van der Waals surface area contributed by atoms with Gasteiger partial charge in [0.05, 0.1) is 14.2 Å². The monoisotopic (exact) mass is 291 g/mol. The number of ether oxygens (including phenoxy) is 3. The molecule has 0 aromatic heterocycles. The van der Waals surface area contributed by atoms with Gasteiger partial charge in [-0.2, -0.15) is 0 Å². The smallest absolute Gasteiger partial charge is 0.211 e. The highest BCUT2D eigenvalue weighted by Gasteiger charge is 2.15. The van der Waals surface area contributed by atoms with Crippen molar-refractivity contribution < 1.29 is 18.6 Å². The van der Waals surface area contributed by atoms with Crippen LogP contribution >= 0.6 is 0 Å². The van der Waals surface area contributed by atoms with Gasteiger partial charge in [-0.15, -0.1) is 0 Å². The molecule has 1 atom stereocenters. The standard InChI is InChI=1S/C16H18FNO3/c1-10(18)11-7-8-13(12(17)9-11)21-16-14(19-2)5-4-6-15(16)20-3/h4-10H,18H2,1-3H3/t10-/m1/s1. The SMILES string of the molecule is COc1cccc(OC)c1Oc1ccc([C@@H](C)N)cc1F. The van der Waals surface area contributed by atoms with E-state index in [0.717, 1.165) is 0 Å². The van der Waals surface area contributed by atoms with Crippen molar-refractivity contribution in [3.8, 4) is 23.0 Å². The van der Waals surface area contributed by atoms with Crippen LogP contribution in [0.2, 0.25) is 0 Å². The Morgan fingerprint density at radius 3 is 2.10 bits per heavy atom. The molecule has 21 heavy (non-hydrogen) atoms. The molecule has 0 saturated carbocycles. The Bertz CT molecular complexity index is 607. The first-order valence-corrected chi connectivity index (χ1v) is 6.50. The Labute approximate surface area is 123 Å². The first kappa shape index (κ1) is 15.1. The van der Waals surface area contributed by atoms with Crippen molar-refractivity contribution in [3.05, 3.63) is 47.8 Å². The summed E-state index contributed by atoms with van der Waals surface area (Å²) in [7, 11) is 3.02. The largest absolute Gasteiger partial charge is 0.493 e. The summed E-state index contributed by atoms with van der Waals surface area (Å²) >= 11 is 0. The Morgan fingerprint density at radius 2 is 1.62 bits per heavy atom. The van der Waals surface area contributed by atoms with Crippen LogP contribution in [-0.4, -0.2) is 14.2 Å². The zero-order chi connectivity index (χ0) is 15.4. The fourth-order valence-electron chi connectivity index (χ4n) is 1.91. The number of methoxy groups -OCH3 is 2. The fraction of sp³-hybridized carbons (Fsp3) is 0.250. The Hall–Kier alpha value is -2.27. The number of nitrogens with two attached hydrogens (primary N) is 1. The lowest BCUT2D eigenvalue weighted by Gasteiger charge is -2.15. The highest BCUT2D eigenvalue weighted by atomic mass is 19.1. The van der Waals surface area contributed by atoms with E-state index in [2.05, 4.69) is 0 Å². The van der Waals surface area contributed by atoms with Gasteiger partial charge in [0.25, 0.3) is 0 Å². The minimum absolute atomic E-state index is 0.0854. The van der Waals surface area contributed by atoms with Crippen LogP contribution in [0.15, 0.2) is 36.4 Å². The van der Waals surface area contributed by atoms with E-state index < -0.39 is 5.82 Å².